The van der Waals surface area contributed by atoms with Crippen molar-refractivity contribution >= 4 is 5.97 Å². The molecule has 1 unspecified atom stereocenters. The Balaban J connectivity index is 2.27. The molecule has 0 saturated carbocycles. The highest BCUT2D eigenvalue weighted by Gasteiger charge is 2.13. The van der Waals surface area contributed by atoms with E-state index in [1.807, 2.05) is 0 Å². The Morgan fingerprint density at radius 3 is 2.39 bits per heavy atom. The van der Waals surface area contributed by atoms with Crippen LogP contribution in [0, 0.1) is 5.82 Å². The number of pyridine rings is 1. The molecule has 0 radical (unpaired) electrons. The lowest BCUT2D eigenvalue weighted by Gasteiger charge is -2.07. The maximum Gasteiger partial charge on any atom is 0.310 e. The topological polar surface area (TPSA) is 50.2 Å². The van der Waals surface area contributed by atoms with Crippen LogP contribution in [0.1, 0.15) is 18.4 Å². The van der Waals surface area contributed by atoms with Crippen LogP contribution in [0.2, 0.25) is 0 Å². The third kappa shape index (κ3) is 2.53. The molecule has 0 aliphatic heterocycles. The number of aliphatic carboxylic acids is 1. The highest BCUT2D eigenvalue weighted by Crippen LogP contribution is 2.21. The van der Waals surface area contributed by atoms with E-state index in [1.165, 1.54) is 6.07 Å². The van der Waals surface area contributed by atoms with Crippen LogP contribution in [0.15, 0.2) is 42.6 Å². The van der Waals surface area contributed by atoms with Crippen molar-refractivity contribution in [2.24, 2.45) is 0 Å². The highest BCUT2D eigenvalue weighted by molar-refractivity contribution is 5.76. The standard InChI is InChI=1S/C14H12FNO2/c1-9(14(17)18)10-2-4-11(5-3-10)13-7-6-12(15)8-16-13/h2-9H,1H3,(H,17,18). The van der Waals surface area contributed by atoms with Crippen LogP contribution >= 0.6 is 0 Å². The van der Waals surface area contributed by atoms with Gasteiger partial charge < -0.3 is 5.11 Å². The third-order valence-electron chi connectivity index (χ3n) is 2.80. The summed E-state index contributed by atoms with van der Waals surface area (Å²) < 4.78 is 12.7. The van der Waals surface area contributed by atoms with Crippen molar-refractivity contribution < 1.29 is 14.3 Å². The third-order valence-corrected chi connectivity index (χ3v) is 2.80. The van der Waals surface area contributed by atoms with Crippen LogP contribution in [-0.4, -0.2) is 16.1 Å². The number of aromatic nitrogens is 1. The molecule has 1 heterocycles. The molecular weight excluding hydrogens is 233 g/mol. The summed E-state index contributed by atoms with van der Waals surface area (Å²) in [5, 5.41) is 8.90. The Hall–Kier alpha value is -2.23. The minimum atomic E-state index is -0.859. The van der Waals surface area contributed by atoms with E-state index in [9.17, 15) is 9.18 Å². The number of hydrogen-bond donors (Lipinski definition) is 1. The maximum atomic E-state index is 12.7. The van der Waals surface area contributed by atoms with Crippen molar-refractivity contribution in [3.8, 4) is 11.3 Å². The number of carbonyl (C=O) groups is 1. The van der Waals surface area contributed by atoms with Gasteiger partial charge in [-0.25, -0.2) is 4.39 Å². The lowest BCUT2D eigenvalue weighted by atomic mass is 9.99. The second kappa shape index (κ2) is 4.96. The summed E-state index contributed by atoms with van der Waals surface area (Å²) in [4.78, 5) is 14.8. The summed E-state index contributed by atoms with van der Waals surface area (Å²) in [6.07, 6.45) is 1.16. The number of carboxylic acid groups (broad SMARTS) is 1. The Morgan fingerprint density at radius 1 is 1.22 bits per heavy atom. The average molecular weight is 245 g/mol. The number of rotatable bonds is 3. The Morgan fingerprint density at radius 2 is 1.89 bits per heavy atom. The van der Waals surface area contributed by atoms with E-state index in [4.69, 9.17) is 5.11 Å². The zero-order chi connectivity index (χ0) is 13.1. The normalized spacial score (nSPS) is 12.1. The predicted octanol–water partition coefficient (Wildman–Crippen LogP) is 3.08. The second-order valence-corrected chi connectivity index (χ2v) is 4.04. The molecule has 2 aromatic rings. The van der Waals surface area contributed by atoms with E-state index < -0.39 is 11.9 Å². The molecule has 0 spiro atoms. The molecule has 0 aliphatic carbocycles. The van der Waals surface area contributed by atoms with Gasteiger partial charge in [0.15, 0.2) is 0 Å². The number of hydrogen-bond acceptors (Lipinski definition) is 2. The van der Waals surface area contributed by atoms with Crippen molar-refractivity contribution in [2.75, 3.05) is 0 Å². The van der Waals surface area contributed by atoms with Gasteiger partial charge in [-0.3, -0.25) is 9.78 Å². The van der Waals surface area contributed by atoms with E-state index in [-0.39, 0.29) is 5.82 Å². The van der Waals surface area contributed by atoms with Crippen LogP contribution in [0.5, 0.6) is 0 Å². The second-order valence-electron chi connectivity index (χ2n) is 4.04. The number of carboxylic acids is 1. The lowest BCUT2D eigenvalue weighted by molar-refractivity contribution is -0.138. The molecule has 4 heteroatoms. The van der Waals surface area contributed by atoms with Gasteiger partial charge in [0.2, 0.25) is 0 Å². The molecule has 2 rings (SSSR count). The van der Waals surface area contributed by atoms with Gasteiger partial charge >= 0.3 is 5.97 Å². The first-order valence-corrected chi connectivity index (χ1v) is 5.52. The summed E-state index contributed by atoms with van der Waals surface area (Å²) in [7, 11) is 0. The largest absolute Gasteiger partial charge is 0.481 e. The van der Waals surface area contributed by atoms with Crippen LogP contribution in [-0.2, 0) is 4.79 Å². The first-order chi connectivity index (χ1) is 8.58. The van der Waals surface area contributed by atoms with Crippen LogP contribution in [0.4, 0.5) is 4.39 Å². The zero-order valence-electron chi connectivity index (χ0n) is 9.80. The molecule has 0 fully saturated rings. The molecule has 1 aromatic carbocycles. The minimum absolute atomic E-state index is 0.380. The summed E-state index contributed by atoms with van der Waals surface area (Å²) in [5.41, 5.74) is 2.22. The molecule has 0 aliphatic rings. The van der Waals surface area contributed by atoms with E-state index in [0.717, 1.165) is 17.3 Å². The van der Waals surface area contributed by atoms with Gasteiger partial charge in [0, 0.05) is 5.56 Å². The van der Waals surface area contributed by atoms with Crippen molar-refractivity contribution in [2.45, 2.75) is 12.8 Å². The molecule has 1 aromatic heterocycles. The lowest BCUT2D eigenvalue weighted by Crippen LogP contribution is -2.06. The quantitative estimate of drug-likeness (QED) is 0.904. The van der Waals surface area contributed by atoms with E-state index in [1.54, 1.807) is 37.3 Å². The number of halogens is 1. The van der Waals surface area contributed by atoms with E-state index >= 15 is 0 Å². The Labute approximate surface area is 104 Å². The molecule has 3 nitrogen and oxygen atoms in total. The van der Waals surface area contributed by atoms with Gasteiger partial charge in [0.05, 0.1) is 17.8 Å². The number of nitrogens with zero attached hydrogens (tertiary/aromatic N) is 1. The fraction of sp³-hybridized carbons (Fsp3) is 0.143. The fourth-order valence-electron chi connectivity index (χ4n) is 1.63. The minimum Gasteiger partial charge on any atom is -0.481 e. The fourth-order valence-corrected chi connectivity index (χ4v) is 1.63. The van der Waals surface area contributed by atoms with Crippen LogP contribution in [0.3, 0.4) is 0 Å². The van der Waals surface area contributed by atoms with Crippen molar-refractivity contribution in [1.29, 1.82) is 0 Å². The Kier molecular flexibility index (Phi) is 3.37. The SMILES string of the molecule is CC(C(=O)O)c1ccc(-c2ccc(F)cn2)cc1. The summed E-state index contributed by atoms with van der Waals surface area (Å²) >= 11 is 0. The maximum absolute atomic E-state index is 12.7. The van der Waals surface area contributed by atoms with E-state index in [2.05, 4.69) is 4.98 Å². The molecule has 0 saturated heterocycles. The zero-order valence-corrected chi connectivity index (χ0v) is 9.80. The smallest absolute Gasteiger partial charge is 0.310 e. The summed E-state index contributed by atoms with van der Waals surface area (Å²) in [6, 6.07) is 10.0. The van der Waals surface area contributed by atoms with E-state index in [0.29, 0.717) is 5.69 Å². The molecule has 0 bridgehead atoms. The molecular formula is C14H12FNO2. The first kappa shape index (κ1) is 12.2. The highest BCUT2D eigenvalue weighted by atomic mass is 19.1. The number of benzene rings is 1. The van der Waals surface area contributed by atoms with Gasteiger partial charge in [-0.15, -0.1) is 0 Å². The monoisotopic (exact) mass is 245 g/mol. The predicted molar refractivity (Wildman–Crippen MR) is 65.7 cm³/mol. The summed E-state index contributed by atoms with van der Waals surface area (Å²) in [6.45, 7) is 1.63. The Bertz CT molecular complexity index is 549. The van der Waals surface area contributed by atoms with Crippen LogP contribution in [0.25, 0.3) is 11.3 Å². The van der Waals surface area contributed by atoms with Gasteiger partial charge in [0.25, 0.3) is 0 Å². The van der Waals surface area contributed by atoms with Crippen molar-refractivity contribution in [1.82, 2.24) is 4.98 Å². The van der Waals surface area contributed by atoms with Crippen molar-refractivity contribution in [3.63, 3.8) is 0 Å². The molecule has 1 atom stereocenters. The molecule has 92 valence electrons. The van der Waals surface area contributed by atoms with Gasteiger partial charge in [0.1, 0.15) is 5.82 Å². The first-order valence-electron chi connectivity index (χ1n) is 5.52. The van der Waals surface area contributed by atoms with Gasteiger partial charge in [-0.05, 0) is 24.6 Å². The molecule has 18 heavy (non-hydrogen) atoms. The summed E-state index contributed by atoms with van der Waals surface area (Å²) in [5.74, 6) is -1.78. The molecule has 0 amide bonds. The van der Waals surface area contributed by atoms with Crippen molar-refractivity contribution in [3.05, 3.63) is 54.0 Å². The molecule has 1 N–H and O–H groups in total. The van der Waals surface area contributed by atoms with Gasteiger partial charge in [-0.2, -0.15) is 0 Å². The van der Waals surface area contributed by atoms with Crippen LogP contribution < -0.4 is 0 Å². The average Bonchev–Trinajstić information content (AvgIpc) is 2.39. The van der Waals surface area contributed by atoms with Gasteiger partial charge in [-0.1, -0.05) is 24.3 Å².